The molecule has 0 atom stereocenters. The number of ether oxygens (including phenoxy) is 1. The number of aromatic nitrogens is 1. The monoisotopic (exact) mass is 457 g/mol. The Kier molecular flexibility index (Phi) is 7.60. The highest BCUT2D eigenvalue weighted by Crippen LogP contribution is 2.35. The summed E-state index contributed by atoms with van der Waals surface area (Å²) in [6.07, 6.45) is 1.91. The van der Waals surface area contributed by atoms with Crippen molar-refractivity contribution in [2.45, 2.75) is 31.2 Å². The summed E-state index contributed by atoms with van der Waals surface area (Å²) in [7, 11) is 0.129. The van der Waals surface area contributed by atoms with Crippen LogP contribution in [0.25, 0.3) is 22.4 Å². The number of primary sulfonamides is 1. The lowest BCUT2D eigenvalue weighted by Crippen LogP contribution is -2.14. The van der Waals surface area contributed by atoms with Gasteiger partial charge < -0.3 is 9.64 Å². The van der Waals surface area contributed by atoms with Crippen LogP contribution in [-0.2, 0) is 16.6 Å². The Morgan fingerprint density at radius 3 is 2.22 bits per heavy atom. The molecule has 170 valence electrons. The van der Waals surface area contributed by atoms with Gasteiger partial charge in [-0.05, 0) is 68.5 Å². The molecule has 8 heteroatoms. The molecule has 0 saturated heterocycles. The van der Waals surface area contributed by atoms with Gasteiger partial charge in [0.25, 0.3) is 0 Å². The maximum Gasteiger partial charge on any atom is 0.238 e. The largest absolute Gasteiger partial charge is 0.477 e. The van der Waals surface area contributed by atoms with Crippen molar-refractivity contribution in [3.8, 4) is 28.3 Å². The van der Waals surface area contributed by atoms with Crippen LogP contribution in [0.3, 0.4) is 0 Å². The third-order valence-electron chi connectivity index (χ3n) is 4.90. The molecule has 0 fully saturated rings. The van der Waals surface area contributed by atoms with Crippen LogP contribution in [0.4, 0.5) is 4.39 Å². The Bertz CT molecular complexity index is 1160. The fourth-order valence-electron chi connectivity index (χ4n) is 3.30. The molecule has 0 unspecified atom stereocenters. The first-order valence-corrected chi connectivity index (χ1v) is 11.9. The van der Waals surface area contributed by atoms with Gasteiger partial charge in [0.15, 0.2) is 0 Å². The SMILES string of the molecule is CCCCOc1nc(-c2ccc(F)cc2)c(-c2ccc(S(N)(=O)=O)cc2)cc1CN(C)C. The minimum Gasteiger partial charge on any atom is -0.477 e. The maximum atomic E-state index is 13.6. The van der Waals surface area contributed by atoms with Crippen molar-refractivity contribution in [1.82, 2.24) is 9.88 Å². The second-order valence-electron chi connectivity index (χ2n) is 7.86. The summed E-state index contributed by atoms with van der Waals surface area (Å²) >= 11 is 0. The van der Waals surface area contributed by atoms with Crippen LogP contribution in [0, 0.1) is 5.82 Å². The Morgan fingerprint density at radius 2 is 1.66 bits per heavy atom. The molecular weight excluding hydrogens is 429 g/mol. The van der Waals surface area contributed by atoms with Crippen molar-refractivity contribution in [3.05, 3.63) is 66.0 Å². The number of benzene rings is 2. The molecule has 0 saturated carbocycles. The molecule has 0 aliphatic heterocycles. The third kappa shape index (κ3) is 5.91. The number of nitrogens with two attached hydrogens (primary N) is 1. The Labute approximate surface area is 188 Å². The van der Waals surface area contributed by atoms with Gasteiger partial charge in [-0.15, -0.1) is 0 Å². The summed E-state index contributed by atoms with van der Waals surface area (Å²) < 4.78 is 42.9. The number of halogens is 1. The maximum absolute atomic E-state index is 13.6. The highest BCUT2D eigenvalue weighted by atomic mass is 32.2. The van der Waals surface area contributed by atoms with Gasteiger partial charge in [0.1, 0.15) is 5.82 Å². The van der Waals surface area contributed by atoms with Crippen molar-refractivity contribution >= 4 is 10.0 Å². The zero-order chi connectivity index (χ0) is 23.3. The first-order valence-electron chi connectivity index (χ1n) is 10.4. The summed E-state index contributed by atoms with van der Waals surface area (Å²) in [5.41, 5.74) is 3.82. The first-order chi connectivity index (χ1) is 15.2. The number of nitrogens with zero attached hydrogens (tertiary/aromatic N) is 2. The van der Waals surface area contributed by atoms with E-state index in [1.807, 2.05) is 25.1 Å². The fraction of sp³-hybridized carbons (Fsp3) is 0.292. The lowest BCUT2D eigenvalue weighted by molar-refractivity contribution is 0.288. The van der Waals surface area contributed by atoms with Gasteiger partial charge in [0.05, 0.1) is 17.2 Å². The Hall–Kier alpha value is -2.81. The molecule has 0 aliphatic rings. The molecule has 3 aromatic rings. The number of unbranched alkanes of at least 4 members (excludes halogenated alkanes) is 1. The van der Waals surface area contributed by atoms with Crippen LogP contribution >= 0.6 is 0 Å². The number of rotatable bonds is 9. The van der Waals surface area contributed by atoms with E-state index in [2.05, 4.69) is 6.92 Å². The average molecular weight is 458 g/mol. The van der Waals surface area contributed by atoms with Gasteiger partial charge in [-0.2, -0.15) is 0 Å². The minimum absolute atomic E-state index is 0.0329. The smallest absolute Gasteiger partial charge is 0.238 e. The minimum atomic E-state index is -3.80. The predicted molar refractivity (Wildman–Crippen MR) is 124 cm³/mol. The molecule has 1 aromatic heterocycles. The highest BCUT2D eigenvalue weighted by molar-refractivity contribution is 7.89. The number of hydrogen-bond donors (Lipinski definition) is 1. The standard InChI is InChI=1S/C24H28FN3O3S/c1-4-5-14-31-24-19(16-28(2)3)15-22(17-8-12-21(13-9-17)32(26,29)30)23(27-24)18-6-10-20(25)11-7-18/h6-13,15H,4-5,14,16H2,1-3H3,(H2,26,29,30). The van der Waals surface area contributed by atoms with Crippen LogP contribution in [0.5, 0.6) is 5.88 Å². The molecule has 0 amide bonds. The van der Waals surface area contributed by atoms with Crippen molar-refractivity contribution in [3.63, 3.8) is 0 Å². The molecule has 0 aliphatic carbocycles. The number of hydrogen-bond acceptors (Lipinski definition) is 5. The van der Waals surface area contributed by atoms with Gasteiger partial charge in [-0.3, -0.25) is 0 Å². The normalized spacial score (nSPS) is 11.7. The van der Waals surface area contributed by atoms with E-state index in [0.717, 1.165) is 35.1 Å². The molecule has 2 N–H and O–H groups in total. The summed E-state index contributed by atoms with van der Waals surface area (Å²) in [5, 5.41) is 5.24. The summed E-state index contributed by atoms with van der Waals surface area (Å²) in [4.78, 5) is 6.89. The molecule has 1 heterocycles. The van der Waals surface area contributed by atoms with E-state index in [0.29, 0.717) is 24.7 Å². The van der Waals surface area contributed by atoms with Gasteiger partial charge >= 0.3 is 0 Å². The van der Waals surface area contributed by atoms with E-state index in [9.17, 15) is 12.8 Å². The second-order valence-corrected chi connectivity index (χ2v) is 9.43. The van der Waals surface area contributed by atoms with Gasteiger partial charge in [-0.25, -0.2) is 22.9 Å². The van der Waals surface area contributed by atoms with E-state index in [1.165, 1.54) is 24.3 Å². The molecular formula is C24H28FN3O3S. The van der Waals surface area contributed by atoms with Crippen LogP contribution in [0.15, 0.2) is 59.5 Å². The van der Waals surface area contributed by atoms with Crippen LogP contribution < -0.4 is 9.88 Å². The lowest BCUT2D eigenvalue weighted by atomic mass is 9.97. The number of pyridine rings is 1. The van der Waals surface area contributed by atoms with E-state index >= 15 is 0 Å². The summed E-state index contributed by atoms with van der Waals surface area (Å²) in [5.74, 6) is 0.202. The second kappa shape index (κ2) is 10.2. The molecule has 6 nitrogen and oxygen atoms in total. The van der Waals surface area contributed by atoms with Crippen LogP contribution in [0.1, 0.15) is 25.3 Å². The van der Waals surface area contributed by atoms with Gasteiger partial charge in [-0.1, -0.05) is 25.5 Å². The van der Waals surface area contributed by atoms with Crippen molar-refractivity contribution < 1.29 is 17.5 Å². The third-order valence-corrected chi connectivity index (χ3v) is 5.83. The van der Waals surface area contributed by atoms with Crippen molar-refractivity contribution in [2.75, 3.05) is 20.7 Å². The van der Waals surface area contributed by atoms with Gasteiger partial charge in [0.2, 0.25) is 15.9 Å². The molecule has 3 rings (SSSR count). The van der Waals surface area contributed by atoms with E-state index in [1.54, 1.807) is 24.3 Å². The highest BCUT2D eigenvalue weighted by Gasteiger charge is 2.18. The molecule has 0 spiro atoms. The summed E-state index contributed by atoms with van der Waals surface area (Å²) in [6.45, 7) is 3.26. The van der Waals surface area contributed by atoms with Crippen molar-refractivity contribution in [1.29, 1.82) is 0 Å². The van der Waals surface area contributed by atoms with E-state index in [4.69, 9.17) is 14.9 Å². The average Bonchev–Trinajstić information content (AvgIpc) is 2.74. The predicted octanol–water partition coefficient (Wildman–Crippen LogP) is 4.44. The molecule has 0 bridgehead atoms. The number of sulfonamides is 1. The topological polar surface area (TPSA) is 85.5 Å². The molecule has 0 radical (unpaired) electrons. The Balaban J connectivity index is 2.18. The van der Waals surface area contributed by atoms with E-state index < -0.39 is 10.0 Å². The van der Waals surface area contributed by atoms with Crippen LogP contribution in [0.2, 0.25) is 0 Å². The van der Waals surface area contributed by atoms with Crippen molar-refractivity contribution in [2.24, 2.45) is 5.14 Å². The quantitative estimate of drug-likeness (QED) is 0.480. The lowest BCUT2D eigenvalue weighted by Gasteiger charge is -2.19. The zero-order valence-electron chi connectivity index (χ0n) is 18.5. The first kappa shape index (κ1) is 23.8. The van der Waals surface area contributed by atoms with Crippen LogP contribution in [-0.4, -0.2) is 39.0 Å². The Morgan fingerprint density at radius 1 is 1.03 bits per heavy atom. The molecule has 2 aromatic carbocycles. The summed E-state index contributed by atoms with van der Waals surface area (Å²) in [6, 6.07) is 14.4. The van der Waals surface area contributed by atoms with E-state index in [-0.39, 0.29) is 10.7 Å². The fourth-order valence-corrected chi connectivity index (χ4v) is 3.82. The molecule has 32 heavy (non-hydrogen) atoms. The van der Waals surface area contributed by atoms with Gasteiger partial charge in [0, 0.05) is 23.2 Å². The zero-order valence-corrected chi connectivity index (χ0v) is 19.3.